The number of aliphatic hydroxyl groups excluding tert-OH is 6. The van der Waals surface area contributed by atoms with Crippen LogP contribution in [0.25, 0.3) is 44.6 Å². The molecule has 18 rings (SSSR count). The number of nitrogens with one attached hydrogen (secondary N) is 3. The Balaban J connectivity index is 0.630. The first kappa shape index (κ1) is 100.0. The van der Waals surface area contributed by atoms with E-state index in [0.29, 0.717) is 12.0 Å². The van der Waals surface area contributed by atoms with E-state index in [9.17, 15) is 102 Å². The molecule has 67 heteroatoms. The maximum Gasteiger partial charge on any atom is 0.472 e. The normalized spacial score (nSPS) is 29.3. The average molecular weight is 2080 g/mol. The van der Waals surface area contributed by atoms with Gasteiger partial charge in [-0.05, 0) is 60.7 Å². The molecule has 27 atom stereocenters. The zero-order valence-corrected chi connectivity index (χ0v) is 77.2. The minimum atomic E-state index is -6.09. The van der Waals surface area contributed by atoms with Gasteiger partial charge in [-0.3, -0.25) is 112 Å². The van der Waals surface area contributed by atoms with Crippen molar-refractivity contribution in [1.82, 2.24) is 87.2 Å². The number of fused-ring (bicyclic) bond motifs is 6. The van der Waals surface area contributed by atoms with Gasteiger partial charge in [-0.15, -0.1) is 0 Å². The second-order valence-corrected chi connectivity index (χ2v) is 40.1. The molecule has 0 saturated carbocycles. The molecule has 5 unspecified atom stereocenters. The largest absolute Gasteiger partial charge is 0.472 e. The molecule has 6 fully saturated rings. The molecule has 0 bridgehead atoms. The van der Waals surface area contributed by atoms with Gasteiger partial charge in [0.2, 0.25) is 17.8 Å². The lowest BCUT2D eigenvalue weighted by Gasteiger charge is -2.27. The lowest BCUT2D eigenvalue weighted by atomic mass is 10.1. The quantitative estimate of drug-likeness (QED) is 0.0177. The lowest BCUT2D eigenvalue weighted by Crippen LogP contribution is -2.38. The number of phosphoric ester groups is 5. The summed E-state index contributed by atoms with van der Waals surface area (Å²) in [6, 6.07) is 13.4. The summed E-state index contributed by atoms with van der Waals surface area (Å²) in [5, 5.41) is 69.8. The van der Waals surface area contributed by atoms with Gasteiger partial charge in [-0.25, -0.2) is 72.1 Å². The zero-order valence-electron chi connectivity index (χ0n) is 72.8. The van der Waals surface area contributed by atoms with Crippen LogP contribution >= 0.6 is 39.1 Å². The Morgan fingerprint density at radius 1 is 0.482 bits per heavy atom. The van der Waals surface area contributed by atoms with Crippen LogP contribution < -0.4 is 61.6 Å². The summed E-state index contributed by atoms with van der Waals surface area (Å²) in [5.41, 5.74) is 19.7. The van der Waals surface area contributed by atoms with E-state index < -0.39 is 283 Å². The van der Waals surface area contributed by atoms with E-state index in [1.807, 2.05) is 29.2 Å². The van der Waals surface area contributed by atoms with Gasteiger partial charge in [0.25, 0.3) is 16.7 Å². The first-order chi connectivity index (χ1) is 66.8. The fraction of sp³-hybridized carbons (Fsp3) is 0.459. The second-order valence-electron chi connectivity index (χ2n) is 33.0. The van der Waals surface area contributed by atoms with Crippen molar-refractivity contribution in [2.45, 2.75) is 175 Å². The van der Waals surface area contributed by atoms with Gasteiger partial charge in [0.1, 0.15) is 134 Å². The number of benzene rings is 2. The first-order valence-electron chi connectivity index (χ1n) is 42.2. The third-order valence-corrected chi connectivity index (χ3v) is 28.8. The second kappa shape index (κ2) is 38.9. The molecule has 0 spiro atoms. The summed E-state index contributed by atoms with van der Waals surface area (Å²) >= 11 is 0. The summed E-state index contributed by atoms with van der Waals surface area (Å²) in [5.74, 6) is -2.64. The minimum absolute atomic E-state index is 0.0676. The van der Waals surface area contributed by atoms with Crippen LogP contribution in [-0.4, -0.2) is 286 Å². The van der Waals surface area contributed by atoms with Crippen LogP contribution in [0.3, 0.4) is 0 Å². The van der Waals surface area contributed by atoms with Crippen molar-refractivity contribution in [3.8, 4) is 11.1 Å². The fourth-order valence-corrected chi connectivity index (χ4v) is 22.0. The molecule has 9 aromatic heterocycles. The Hall–Kier alpha value is -11.1. The van der Waals surface area contributed by atoms with Crippen LogP contribution in [0.4, 0.5) is 35.0 Å². The first-order valence-corrected chi connectivity index (χ1v) is 49.6. The SMILES string of the molecule is CC(=O)N(c1ccc2c(c1)Cc1ccccc1-2)c1nc2c(=O)[nH]c(N)nc2n1[C@@H]1O[C@H](COP(=O)(O)O[C@H]2C[C@H](n3cc(C)c(=O)[nH]c3=O)O[C@@H]2COP(=O)(O)O[C@H]2[C@@H](O)[C@H](n3cnc4c(N)ncnc43)O[C@@H]2COP(=O)(O)O[C@H]2[C@@H](O)[C@H](n3ccc(N)nc3=O)O[C@@H]2CO)[C@@H](OP(=O)(O)OC[C@H]2O[C@@H](n3cnc4c(N)ncnc43)[C@H](O)[C@@H]2OP(=O)(O)OC[C@H]2O[C@@H](n3cc(C)c(=O)[nH]c3=O)C[C@@H]2O)[C@H]1O. The van der Waals surface area contributed by atoms with E-state index in [4.69, 9.17) is 96.6 Å². The van der Waals surface area contributed by atoms with Crippen LogP contribution in [-0.2, 0) is 108 Å². The van der Waals surface area contributed by atoms with E-state index in [0.717, 1.165) is 106 Å². The number of nitrogens with two attached hydrogens (primary N) is 4. The van der Waals surface area contributed by atoms with Crippen molar-refractivity contribution in [3.05, 3.63) is 177 Å². The van der Waals surface area contributed by atoms with Gasteiger partial charge in [-0.2, -0.15) is 9.97 Å². The summed E-state index contributed by atoms with van der Waals surface area (Å²) in [7, 11) is -29.3. The number of rotatable bonds is 34. The molecule has 11 aromatic rings. The van der Waals surface area contributed by atoms with Gasteiger partial charge >= 0.3 is 56.2 Å². The maximum absolute atomic E-state index is 15.1. The Morgan fingerprint density at radius 2 is 0.936 bits per heavy atom. The minimum Gasteiger partial charge on any atom is -0.394 e. The van der Waals surface area contributed by atoms with Crippen molar-refractivity contribution < 1.29 is 156 Å². The number of amides is 1. The number of anilines is 6. The van der Waals surface area contributed by atoms with Gasteiger partial charge in [0.05, 0.1) is 64.1 Å². The summed E-state index contributed by atoms with van der Waals surface area (Å²) in [4.78, 5) is 195. The molecular formula is C74H86N23O39P5. The number of imidazole rings is 3. The van der Waals surface area contributed by atoms with E-state index in [-0.39, 0.29) is 63.0 Å². The average Bonchev–Trinajstić information content (AvgIpc) is 1.57. The highest BCUT2D eigenvalue weighted by molar-refractivity contribution is 7.48. The highest BCUT2D eigenvalue weighted by Gasteiger charge is 2.58. The summed E-state index contributed by atoms with van der Waals surface area (Å²) < 4.78 is 169. The van der Waals surface area contributed by atoms with Crippen LogP contribution in [0.2, 0.25) is 0 Å². The Labute approximate surface area is 784 Å². The number of aromatic nitrogens is 18. The lowest BCUT2D eigenvalue weighted by molar-refractivity contribution is -0.116. The molecule has 1 aliphatic carbocycles. The molecule has 2 aromatic carbocycles. The highest BCUT2D eigenvalue weighted by Crippen LogP contribution is 2.58. The number of ether oxygens (including phenoxy) is 6. The number of hydrogen-bond donors (Lipinski definition) is 18. The molecule has 0 radical (unpaired) electrons. The van der Waals surface area contributed by atoms with Crippen molar-refractivity contribution in [2.24, 2.45) is 0 Å². The van der Waals surface area contributed by atoms with Crippen molar-refractivity contribution in [2.75, 3.05) is 67.5 Å². The third kappa shape index (κ3) is 20.1. The summed E-state index contributed by atoms with van der Waals surface area (Å²) in [6.45, 7) is -3.69. The maximum atomic E-state index is 15.1. The third-order valence-electron chi connectivity index (χ3n) is 23.8. The number of nitrogen functional groups attached to an aromatic ring is 4. The van der Waals surface area contributed by atoms with Gasteiger partial charge in [0, 0.05) is 49.5 Å². The number of hydrogen-bond acceptors (Lipinski definition) is 47. The van der Waals surface area contributed by atoms with Crippen LogP contribution in [0.5, 0.6) is 0 Å². The molecular weight excluding hydrogens is 1990 g/mol. The number of carbonyl (C=O) groups is 1. The van der Waals surface area contributed by atoms with E-state index in [1.54, 1.807) is 12.1 Å². The van der Waals surface area contributed by atoms with Crippen molar-refractivity contribution in [1.29, 1.82) is 0 Å². The molecule has 6 aliphatic heterocycles. The molecule has 1 amide bonds. The summed E-state index contributed by atoms with van der Waals surface area (Å²) in [6.07, 6.45) is -37.0. The number of H-pyrrole nitrogens is 3. The topological polar surface area (TPSA) is 875 Å². The molecule has 22 N–H and O–H groups in total. The Morgan fingerprint density at radius 3 is 1.45 bits per heavy atom. The number of carbonyl (C=O) groups excluding carboxylic acids is 1. The Bertz CT molecular complexity index is 7350. The highest BCUT2D eigenvalue weighted by atomic mass is 31.2. The predicted molar refractivity (Wildman–Crippen MR) is 468 cm³/mol. The van der Waals surface area contributed by atoms with Crippen molar-refractivity contribution >= 4 is 114 Å². The van der Waals surface area contributed by atoms with E-state index >= 15 is 9.13 Å². The van der Waals surface area contributed by atoms with Gasteiger partial charge in [0.15, 0.2) is 59.0 Å². The number of aliphatic hydroxyl groups is 6. The number of nitrogens with zero attached hydrogens (tertiary/aromatic N) is 16. The Kier molecular flexibility index (Phi) is 27.6. The molecule has 15 heterocycles. The van der Waals surface area contributed by atoms with E-state index in [1.165, 1.54) is 19.9 Å². The van der Waals surface area contributed by atoms with Crippen LogP contribution in [0.15, 0.2) is 121 Å². The number of aryl methyl sites for hydroxylation is 2. The van der Waals surface area contributed by atoms with E-state index in [2.05, 4.69) is 54.8 Å². The molecule has 62 nitrogen and oxygen atoms in total. The zero-order chi connectivity index (χ0) is 100. The standard InChI is InChI=1S/C74H86N23O39P5/c1-28-16-92(73(109)89-63(28)105)45-14-36(100)39(126-45)19-121-138(113,114)134-55-42(130-67(51(55)102)94-26-83-47-58(76)79-24-81-60(47)94)22-125-141(119,120)136-57-43(131-69(53(57)104)97-62-49(65(107)88-70(78)87-62)86-71(97)96(30(3)99)33-8-9-35-32(13-33)12-31-6-4-5-7-34(31)35)23-123-137(111,112)132-37-15-46(93-17-29(2)64(106)90-74(93)110)127-40(37)20-122-139(115,116)135-56-41(129-68(52(56)103)95-27-84-48-59(77)80-25-82-61(48)95)21-124-140(117,118)133-54-38(18-98)128-66(50(54)101)91-11-10-44(75)85-72(91)108/h4-11,13,16-17,24-27,36-43,45-46,50-57,66-69,98,100-104H,12,14-15,18-23H2,1-3H3,(H,111,112)(H,113,114)(H,115,116)(H,117,118)(H,119,120)(H2,75,85,108)(H2,76,79,81)(H2,77,80,82)(H,89,105,109)(H,90,106,110)(H3,78,87,88,107)/t36-,37-,38+,39+,40+,41+,42+,43+,45+,46+,50+,51+,52+,53+,54+,55+,56+,57+,66+,67+,68+,69+/m0/s1. The fourth-order valence-electron chi connectivity index (χ4n) is 17.2. The monoisotopic (exact) mass is 2080 g/mol. The van der Waals surface area contributed by atoms with Crippen LogP contribution in [0, 0.1) is 13.8 Å². The number of aromatic amines is 3. The molecule has 6 saturated heterocycles. The predicted octanol–water partition coefficient (Wildman–Crippen LogP) is -3.17. The van der Waals surface area contributed by atoms with Crippen LogP contribution in [0.1, 0.15) is 79.4 Å². The van der Waals surface area contributed by atoms with Gasteiger partial charge < -0.3 is 106 Å². The molecule has 756 valence electrons. The molecule has 141 heavy (non-hydrogen) atoms. The number of phosphoric acid groups is 5. The van der Waals surface area contributed by atoms with Gasteiger partial charge in [-0.1, -0.05) is 30.3 Å². The van der Waals surface area contributed by atoms with Crippen molar-refractivity contribution in [3.63, 3.8) is 0 Å². The molecule has 7 aliphatic rings. The smallest absolute Gasteiger partial charge is 0.394 e.